The molecule has 15 heavy (non-hydrogen) atoms. The van der Waals surface area contributed by atoms with Gasteiger partial charge in [0.15, 0.2) is 11.5 Å². The molecule has 4 radical (unpaired) electrons. The molecule has 2 nitrogen and oxygen atoms in total. The number of benzene rings is 2. The van der Waals surface area contributed by atoms with Crippen molar-refractivity contribution in [1.82, 2.24) is 0 Å². The van der Waals surface area contributed by atoms with Crippen molar-refractivity contribution < 1.29 is 10.2 Å². The fourth-order valence-corrected chi connectivity index (χ4v) is 1.38. The number of hydrogen-bond donors (Lipinski definition) is 2. The fraction of sp³-hybridized carbons (Fsp3) is 0. The average Bonchev–Trinajstić information content (AvgIpc) is 2.23. The van der Waals surface area contributed by atoms with Gasteiger partial charge in [0.25, 0.3) is 0 Å². The van der Waals surface area contributed by atoms with Crippen molar-refractivity contribution in [3.63, 3.8) is 0 Å². The van der Waals surface area contributed by atoms with Crippen molar-refractivity contribution in [3.05, 3.63) is 48.5 Å². The summed E-state index contributed by atoms with van der Waals surface area (Å²) in [4.78, 5) is 0. The number of hydrogen-bond acceptors (Lipinski definition) is 2. The van der Waals surface area contributed by atoms with Crippen LogP contribution in [0.3, 0.4) is 0 Å². The zero-order valence-corrected chi connectivity index (χ0v) is 10.9. The van der Waals surface area contributed by atoms with Gasteiger partial charge >= 0.3 is 0 Å². The van der Waals surface area contributed by atoms with Crippen LogP contribution < -0.4 is 0 Å². The van der Waals surface area contributed by atoms with E-state index >= 15 is 0 Å². The molecule has 0 aliphatic heterocycles. The average molecular weight is 305 g/mol. The summed E-state index contributed by atoms with van der Waals surface area (Å²) in [7, 11) is 0. The van der Waals surface area contributed by atoms with Gasteiger partial charge < -0.3 is 10.2 Å². The second-order valence-electron chi connectivity index (χ2n) is 3.04. The van der Waals surface area contributed by atoms with Gasteiger partial charge in [-0.15, -0.1) is 0 Å². The maximum atomic E-state index is 9.60. The molecule has 0 heterocycles. The number of para-hydroxylation sites is 1. The van der Waals surface area contributed by atoms with Gasteiger partial charge in [-0.3, -0.25) is 0 Å². The Morgan fingerprint density at radius 1 is 0.733 bits per heavy atom. The van der Waals surface area contributed by atoms with Crippen LogP contribution in [0.25, 0.3) is 11.1 Å². The van der Waals surface area contributed by atoms with Gasteiger partial charge in [-0.05, 0) is 11.6 Å². The van der Waals surface area contributed by atoms with E-state index in [1.54, 1.807) is 12.1 Å². The van der Waals surface area contributed by atoms with Gasteiger partial charge in [0, 0.05) is 29.5 Å². The summed E-state index contributed by atoms with van der Waals surface area (Å²) < 4.78 is 0. The zero-order chi connectivity index (χ0) is 9.97. The van der Waals surface area contributed by atoms with E-state index in [-0.39, 0.29) is 35.4 Å². The number of aromatic hydroxyl groups is 2. The summed E-state index contributed by atoms with van der Waals surface area (Å²) >= 11 is 0. The van der Waals surface area contributed by atoms with Crippen LogP contribution in [-0.2, 0) is 0 Å². The van der Waals surface area contributed by atoms with Gasteiger partial charge in [0.2, 0.25) is 0 Å². The van der Waals surface area contributed by atoms with Crippen LogP contribution in [0.1, 0.15) is 0 Å². The molecular weight excluding hydrogens is 295 g/mol. The molecule has 0 spiro atoms. The Morgan fingerprint density at radius 3 is 2.07 bits per heavy atom. The molecule has 0 aromatic heterocycles. The Bertz CT molecular complexity index is 441. The fourth-order valence-electron chi connectivity index (χ4n) is 1.38. The van der Waals surface area contributed by atoms with E-state index in [0.29, 0.717) is 5.56 Å². The Morgan fingerprint density at radius 2 is 1.40 bits per heavy atom. The summed E-state index contributed by atoms with van der Waals surface area (Å²) in [5, 5.41) is 18.9. The van der Waals surface area contributed by atoms with Crippen LogP contribution in [0.15, 0.2) is 48.5 Å². The van der Waals surface area contributed by atoms with Crippen molar-refractivity contribution in [3.8, 4) is 22.6 Å². The predicted molar refractivity (Wildman–Crippen MR) is 61.0 cm³/mol. The van der Waals surface area contributed by atoms with E-state index in [1.807, 2.05) is 30.3 Å². The van der Waals surface area contributed by atoms with Crippen LogP contribution in [0.5, 0.6) is 11.5 Å². The van der Waals surface area contributed by atoms with E-state index in [0.717, 1.165) is 5.56 Å². The first kappa shape index (κ1) is 11.9. The minimum absolute atomic E-state index is 0. The molecule has 0 aliphatic carbocycles. The smallest absolute Gasteiger partial charge is 0.165 e. The van der Waals surface area contributed by atoms with Crippen molar-refractivity contribution in [2.45, 2.75) is 0 Å². The van der Waals surface area contributed by atoms with Gasteiger partial charge in [-0.2, -0.15) is 0 Å². The van der Waals surface area contributed by atoms with Gasteiger partial charge in [0.1, 0.15) is 0 Å². The predicted octanol–water partition coefficient (Wildman–Crippen LogP) is 2.38. The van der Waals surface area contributed by atoms with Crippen LogP contribution in [-0.4, -0.2) is 34.1 Å². The van der Waals surface area contributed by atoms with Crippen LogP contribution >= 0.6 is 0 Å². The van der Waals surface area contributed by atoms with E-state index in [4.69, 9.17) is 0 Å². The second kappa shape index (κ2) is 5.07. The maximum Gasteiger partial charge on any atom is 0.165 e. The van der Waals surface area contributed by atoms with E-state index in [1.165, 1.54) is 6.07 Å². The maximum absolute atomic E-state index is 9.60. The van der Waals surface area contributed by atoms with Crippen LogP contribution in [0, 0.1) is 0 Å². The van der Waals surface area contributed by atoms with Crippen molar-refractivity contribution in [1.29, 1.82) is 0 Å². The van der Waals surface area contributed by atoms with Crippen molar-refractivity contribution >= 4 is 23.9 Å². The van der Waals surface area contributed by atoms with Crippen molar-refractivity contribution in [2.75, 3.05) is 0 Å². The van der Waals surface area contributed by atoms with Gasteiger partial charge in [0.05, 0.1) is 0 Å². The third-order valence-electron chi connectivity index (χ3n) is 2.10. The van der Waals surface area contributed by atoms with Gasteiger partial charge in [-0.25, -0.2) is 0 Å². The molecule has 2 aromatic rings. The summed E-state index contributed by atoms with van der Waals surface area (Å²) in [5.74, 6) is -0.162. The SMILES string of the molecule is Oc1cccc(-c2ccccc2)c1O.[Sn]. The first-order chi connectivity index (χ1) is 6.79. The molecule has 2 N–H and O–H groups in total. The molecule has 0 amide bonds. The number of phenolic OH excluding ortho intramolecular Hbond substituents is 2. The van der Waals surface area contributed by atoms with E-state index in [9.17, 15) is 10.2 Å². The zero-order valence-electron chi connectivity index (χ0n) is 8.01. The van der Waals surface area contributed by atoms with Crippen LogP contribution in [0.4, 0.5) is 0 Å². The molecule has 0 saturated carbocycles. The molecular formula is C12H10O2Sn. The molecule has 0 aliphatic rings. The van der Waals surface area contributed by atoms with Gasteiger partial charge in [-0.1, -0.05) is 42.5 Å². The second-order valence-corrected chi connectivity index (χ2v) is 3.04. The minimum atomic E-state index is -0.0913. The topological polar surface area (TPSA) is 40.5 Å². The molecule has 0 bridgehead atoms. The summed E-state index contributed by atoms with van der Waals surface area (Å²) in [6.07, 6.45) is 0. The number of phenols is 2. The Balaban J connectivity index is 0.00000112. The summed E-state index contributed by atoms with van der Waals surface area (Å²) in [6.45, 7) is 0. The first-order valence-corrected chi connectivity index (χ1v) is 4.35. The Hall–Kier alpha value is -1.16. The molecule has 74 valence electrons. The summed E-state index contributed by atoms with van der Waals surface area (Å²) in [6, 6.07) is 14.4. The standard InChI is InChI=1S/C12H10O2.Sn/c13-11-8-4-7-10(12(11)14)9-5-2-1-3-6-9;/h1-8,13-14H;. The van der Waals surface area contributed by atoms with Crippen LogP contribution in [0.2, 0.25) is 0 Å². The van der Waals surface area contributed by atoms with E-state index in [2.05, 4.69) is 0 Å². The minimum Gasteiger partial charge on any atom is -0.504 e. The molecule has 0 fully saturated rings. The molecule has 0 unspecified atom stereocenters. The Kier molecular flexibility index (Phi) is 4.03. The molecule has 2 rings (SSSR count). The quantitative estimate of drug-likeness (QED) is 0.627. The molecule has 2 aromatic carbocycles. The third kappa shape index (κ3) is 2.44. The normalized spacial score (nSPS) is 9.33. The summed E-state index contributed by atoms with van der Waals surface area (Å²) in [5.41, 5.74) is 1.53. The largest absolute Gasteiger partial charge is 0.504 e. The third-order valence-corrected chi connectivity index (χ3v) is 2.10. The first-order valence-electron chi connectivity index (χ1n) is 4.35. The number of rotatable bonds is 1. The molecule has 0 saturated heterocycles. The molecule has 3 heteroatoms. The van der Waals surface area contributed by atoms with E-state index < -0.39 is 0 Å². The monoisotopic (exact) mass is 306 g/mol. The Labute approximate surface area is 105 Å². The molecule has 0 atom stereocenters. The van der Waals surface area contributed by atoms with Crippen molar-refractivity contribution in [2.24, 2.45) is 0 Å².